The summed E-state index contributed by atoms with van der Waals surface area (Å²) in [5, 5.41) is 10.9. The van der Waals surface area contributed by atoms with Crippen LogP contribution in [-0.4, -0.2) is 10.7 Å². The van der Waals surface area contributed by atoms with E-state index in [4.69, 9.17) is 0 Å². The largest absolute Gasteiger partial charge is 0.385 e. The zero-order chi connectivity index (χ0) is 13.8. The zero-order valence-corrected chi connectivity index (χ0v) is 12.7. The molecule has 5 atom stereocenters. The molecule has 0 unspecified atom stereocenters. The van der Waals surface area contributed by atoms with Crippen LogP contribution in [0.25, 0.3) is 0 Å². The lowest BCUT2D eigenvalue weighted by atomic mass is 9.67. The smallest absolute Gasteiger partial charge is 0.0890 e. The molecule has 0 radical (unpaired) electrons. The van der Waals surface area contributed by atoms with Crippen LogP contribution in [0.2, 0.25) is 0 Å². The number of allylic oxidation sites excluding steroid dienone is 1. The maximum absolute atomic E-state index is 10.9. The molecule has 0 heterocycles. The maximum Gasteiger partial charge on any atom is 0.0890 e. The van der Waals surface area contributed by atoms with Crippen LogP contribution in [0.5, 0.6) is 0 Å². The topological polar surface area (TPSA) is 20.2 Å². The molecule has 0 bridgehead atoms. The fourth-order valence-corrected chi connectivity index (χ4v) is 4.80. The van der Waals surface area contributed by atoms with Gasteiger partial charge in [0.2, 0.25) is 0 Å². The second-order valence-corrected chi connectivity index (χ2v) is 7.75. The lowest BCUT2D eigenvalue weighted by molar-refractivity contribution is 0.00670. The molecule has 2 saturated carbocycles. The van der Waals surface area contributed by atoms with Crippen LogP contribution in [0.1, 0.15) is 52.9 Å². The summed E-state index contributed by atoms with van der Waals surface area (Å²) in [7, 11) is 0. The molecule has 3 rings (SSSR count). The molecule has 0 amide bonds. The van der Waals surface area contributed by atoms with Crippen LogP contribution in [0, 0.1) is 29.1 Å². The van der Waals surface area contributed by atoms with Crippen molar-refractivity contribution in [2.24, 2.45) is 29.1 Å². The molecule has 1 nitrogen and oxygen atoms in total. The minimum Gasteiger partial charge on any atom is -0.385 e. The fourth-order valence-electron chi connectivity index (χ4n) is 4.80. The first-order valence-electron chi connectivity index (χ1n) is 7.97. The van der Waals surface area contributed by atoms with Crippen LogP contribution in [0.4, 0.5) is 0 Å². The second kappa shape index (κ2) is 4.22. The summed E-state index contributed by atoms with van der Waals surface area (Å²) < 4.78 is 0. The highest BCUT2D eigenvalue weighted by Gasteiger charge is 2.59. The highest BCUT2D eigenvalue weighted by atomic mass is 16.3. The molecule has 0 aromatic heterocycles. The first kappa shape index (κ1) is 13.4. The number of hydrogen-bond donors (Lipinski definition) is 1. The van der Waals surface area contributed by atoms with Crippen molar-refractivity contribution in [3.05, 3.63) is 24.3 Å². The fraction of sp³-hybridized carbons (Fsp3) is 0.778. The number of aliphatic hydroxyl groups is 1. The van der Waals surface area contributed by atoms with Crippen LogP contribution >= 0.6 is 0 Å². The first-order chi connectivity index (χ1) is 8.90. The molecular weight excluding hydrogens is 232 g/mol. The highest BCUT2D eigenvalue weighted by Crippen LogP contribution is 2.65. The van der Waals surface area contributed by atoms with Crippen molar-refractivity contribution in [3.8, 4) is 0 Å². The molecule has 106 valence electrons. The van der Waals surface area contributed by atoms with Gasteiger partial charge in [-0.3, -0.25) is 0 Å². The van der Waals surface area contributed by atoms with Crippen molar-refractivity contribution in [1.29, 1.82) is 0 Å². The second-order valence-electron chi connectivity index (χ2n) is 7.75. The molecule has 0 aliphatic heterocycles. The molecule has 3 aliphatic rings. The van der Waals surface area contributed by atoms with E-state index in [1.165, 1.54) is 18.4 Å². The summed E-state index contributed by atoms with van der Waals surface area (Å²) in [5.41, 5.74) is 1.38. The quantitative estimate of drug-likeness (QED) is 0.733. The molecule has 1 heteroatoms. The third-order valence-electron chi connectivity index (χ3n) is 6.37. The summed E-state index contributed by atoms with van der Waals surface area (Å²) in [4.78, 5) is 0. The lowest BCUT2D eigenvalue weighted by Crippen LogP contribution is -2.41. The Bertz CT molecular complexity index is 419. The van der Waals surface area contributed by atoms with E-state index in [-0.39, 0.29) is 0 Å². The van der Waals surface area contributed by atoms with E-state index in [9.17, 15) is 5.11 Å². The molecule has 19 heavy (non-hydrogen) atoms. The molecule has 0 aromatic rings. The van der Waals surface area contributed by atoms with E-state index in [2.05, 4.69) is 33.4 Å². The zero-order valence-electron chi connectivity index (χ0n) is 12.7. The molecule has 2 fully saturated rings. The van der Waals surface area contributed by atoms with Crippen LogP contribution in [0.15, 0.2) is 24.3 Å². The molecule has 3 aliphatic carbocycles. The Balaban J connectivity index is 1.90. The Hall–Kier alpha value is -0.560. The van der Waals surface area contributed by atoms with Gasteiger partial charge in [0.15, 0.2) is 0 Å². The summed E-state index contributed by atoms with van der Waals surface area (Å²) in [5.74, 6) is 2.60. The molecule has 1 N–H and O–H groups in total. The van der Waals surface area contributed by atoms with Gasteiger partial charge in [-0.15, -0.1) is 6.58 Å². The van der Waals surface area contributed by atoms with Gasteiger partial charge in [-0.2, -0.15) is 0 Å². The van der Waals surface area contributed by atoms with Crippen LogP contribution in [0.3, 0.4) is 0 Å². The van der Waals surface area contributed by atoms with E-state index in [0.29, 0.717) is 17.3 Å². The minimum atomic E-state index is -0.649. The summed E-state index contributed by atoms with van der Waals surface area (Å²) in [6.07, 6.45) is 10.1. The van der Waals surface area contributed by atoms with Crippen molar-refractivity contribution >= 4 is 0 Å². The van der Waals surface area contributed by atoms with Gasteiger partial charge in [-0.1, -0.05) is 51.3 Å². The van der Waals surface area contributed by atoms with E-state index in [1.54, 1.807) is 0 Å². The molecule has 0 saturated heterocycles. The van der Waals surface area contributed by atoms with Crippen molar-refractivity contribution in [1.82, 2.24) is 0 Å². The molecular formula is C18H28O. The molecule has 0 spiro atoms. The van der Waals surface area contributed by atoms with Crippen molar-refractivity contribution < 1.29 is 5.11 Å². The average molecular weight is 260 g/mol. The molecule has 0 aromatic carbocycles. The van der Waals surface area contributed by atoms with Crippen molar-refractivity contribution in [2.45, 2.75) is 58.5 Å². The normalized spacial score (nSPS) is 48.1. The lowest BCUT2D eigenvalue weighted by Gasteiger charge is -2.42. The van der Waals surface area contributed by atoms with Gasteiger partial charge < -0.3 is 5.11 Å². The van der Waals surface area contributed by atoms with Crippen LogP contribution in [-0.2, 0) is 0 Å². The Morgan fingerprint density at radius 2 is 2.11 bits per heavy atom. The van der Waals surface area contributed by atoms with Gasteiger partial charge in [0.25, 0.3) is 0 Å². The van der Waals surface area contributed by atoms with Gasteiger partial charge in [-0.25, -0.2) is 0 Å². The van der Waals surface area contributed by atoms with Gasteiger partial charge in [0.05, 0.1) is 5.60 Å². The Labute approximate surface area is 117 Å². The van der Waals surface area contributed by atoms with Crippen LogP contribution < -0.4 is 0 Å². The third-order valence-corrected chi connectivity index (χ3v) is 6.37. The van der Waals surface area contributed by atoms with E-state index < -0.39 is 5.60 Å². The standard InChI is InChI=1S/C18H28O/c1-5-18(19)9-7-6-8-14(18)13-11-16-15(10-12(13)2)17(16,3)4/h5,11-12,14-16,19H,1,6-10H2,2-4H3/t12-,14-,15-,16+,18-/m1/s1. The van der Waals surface area contributed by atoms with Gasteiger partial charge in [0.1, 0.15) is 0 Å². The van der Waals surface area contributed by atoms with Crippen molar-refractivity contribution in [2.75, 3.05) is 0 Å². The maximum atomic E-state index is 10.9. The monoisotopic (exact) mass is 260 g/mol. The Morgan fingerprint density at radius 3 is 2.79 bits per heavy atom. The van der Waals surface area contributed by atoms with E-state index in [1.807, 2.05) is 6.08 Å². The van der Waals surface area contributed by atoms with E-state index in [0.717, 1.165) is 31.1 Å². The number of rotatable bonds is 2. The predicted molar refractivity (Wildman–Crippen MR) is 79.7 cm³/mol. The Kier molecular flexibility index (Phi) is 2.98. The van der Waals surface area contributed by atoms with Gasteiger partial charge in [-0.05, 0) is 42.4 Å². The SMILES string of the molecule is C=C[C@@]1(O)CCCC[C@@H]1C1=C[C@H]2[C@@H](C[C@H]1C)C2(C)C. The summed E-state index contributed by atoms with van der Waals surface area (Å²) in [6, 6.07) is 0. The van der Waals surface area contributed by atoms with Crippen molar-refractivity contribution in [3.63, 3.8) is 0 Å². The predicted octanol–water partition coefficient (Wildman–Crippen LogP) is 4.33. The van der Waals surface area contributed by atoms with Gasteiger partial charge >= 0.3 is 0 Å². The van der Waals surface area contributed by atoms with Gasteiger partial charge in [0, 0.05) is 5.92 Å². The minimum absolute atomic E-state index is 0.325. The third kappa shape index (κ3) is 1.93. The average Bonchev–Trinajstić information content (AvgIpc) is 2.90. The first-order valence-corrected chi connectivity index (χ1v) is 7.97. The number of fused-ring (bicyclic) bond motifs is 1. The number of hydrogen-bond acceptors (Lipinski definition) is 1. The summed E-state index contributed by atoms with van der Waals surface area (Å²) in [6.45, 7) is 11.1. The highest BCUT2D eigenvalue weighted by molar-refractivity contribution is 5.30. The van der Waals surface area contributed by atoms with E-state index >= 15 is 0 Å². The Morgan fingerprint density at radius 1 is 1.37 bits per heavy atom. The summed E-state index contributed by atoms with van der Waals surface area (Å²) >= 11 is 0.